The number of amides is 2. The number of rotatable bonds is 6. The molecule has 0 spiro atoms. The summed E-state index contributed by atoms with van der Waals surface area (Å²) in [5, 5.41) is 2.97. The Morgan fingerprint density at radius 1 is 1.15 bits per heavy atom. The van der Waals surface area contributed by atoms with E-state index < -0.39 is 5.92 Å². The normalized spacial score (nSPS) is 16.3. The van der Waals surface area contributed by atoms with Gasteiger partial charge in [-0.2, -0.15) is 0 Å². The number of benzene rings is 2. The molecule has 27 heavy (non-hydrogen) atoms. The van der Waals surface area contributed by atoms with Gasteiger partial charge in [0.25, 0.3) is 0 Å². The second-order valence-corrected chi connectivity index (χ2v) is 6.44. The predicted octanol–water partition coefficient (Wildman–Crippen LogP) is 3.26. The summed E-state index contributed by atoms with van der Waals surface area (Å²) in [7, 11) is 3.11. The number of methoxy groups -OCH3 is 2. The first-order valence-corrected chi connectivity index (χ1v) is 8.98. The molecule has 1 atom stereocenters. The third-order valence-corrected chi connectivity index (χ3v) is 4.83. The van der Waals surface area contributed by atoms with E-state index in [1.54, 1.807) is 37.3 Å². The molecule has 1 unspecified atom stereocenters. The maximum absolute atomic E-state index is 12.7. The highest BCUT2D eigenvalue weighted by Crippen LogP contribution is 2.34. The van der Waals surface area contributed by atoms with Crippen molar-refractivity contribution in [3.8, 4) is 11.5 Å². The van der Waals surface area contributed by atoms with Crippen LogP contribution >= 0.6 is 0 Å². The molecule has 3 rings (SSSR count). The Bertz CT molecular complexity index is 850. The Labute approximate surface area is 159 Å². The number of nitrogens with one attached hydrogen (secondary N) is 1. The van der Waals surface area contributed by atoms with Gasteiger partial charge in [0.05, 0.1) is 20.1 Å². The van der Waals surface area contributed by atoms with Gasteiger partial charge in [0, 0.05) is 30.4 Å². The van der Waals surface area contributed by atoms with Gasteiger partial charge in [0.15, 0.2) is 11.5 Å². The zero-order chi connectivity index (χ0) is 19.4. The van der Waals surface area contributed by atoms with Crippen molar-refractivity contribution in [2.24, 2.45) is 5.92 Å². The van der Waals surface area contributed by atoms with Gasteiger partial charge in [-0.1, -0.05) is 25.1 Å². The minimum atomic E-state index is -0.393. The molecule has 6 nitrogen and oxygen atoms in total. The van der Waals surface area contributed by atoms with Crippen LogP contribution in [0.15, 0.2) is 42.5 Å². The molecule has 0 saturated carbocycles. The van der Waals surface area contributed by atoms with Crippen LogP contribution in [-0.2, 0) is 16.0 Å². The average Bonchev–Trinajstić information content (AvgIpc) is 3.09. The van der Waals surface area contributed by atoms with Gasteiger partial charge < -0.3 is 19.7 Å². The Hall–Kier alpha value is -3.02. The van der Waals surface area contributed by atoms with Crippen LogP contribution in [0.5, 0.6) is 11.5 Å². The molecule has 1 heterocycles. The van der Waals surface area contributed by atoms with E-state index in [9.17, 15) is 9.59 Å². The summed E-state index contributed by atoms with van der Waals surface area (Å²) in [5.41, 5.74) is 2.58. The van der Waals surface area contributed by atoms with Crippen LogP contribution in [0.3, 0.4) is 0 Å². The lowest BCUT2D eigenvalue weighted by Gasteiger charge is -2.19. The molecule has 1 aliphatic rings. The van der Waals surface area contributed by atoms with E-state index in [1.165, 1.54) is 0 Å². The number of carbonyl (C=O) groups excluding carboxylic acids is 2. The first-order valence-electron chi connectivity index (χ1n) is 8.98. The molecular formula is C21H24N2O4. The number of para-hydroxylation sites is 1. The highest BCUT2D eigenvalue weighted by atomic mass is 16.5. The molecule has 6 heteroatoms. The molecule has 1 fully saturated rings. The summed E-state index contributed by atoms with van der Waals surface area (Å²) in [5.74, 6) is 0.541. The Morgan fingerprint density at radius 2 is 1.89 bits per heavy atom. The molecule has 0 radical (unpaired) electrons. The van der Waals surface area contributed by atoms with Gasteiger partial charge in [-0.05, 0) is 30.2 Å². The maximum Gasteiger partial charge on any atom is 0.229 e. The van der Waals surface area contributed by atoms with Crippen LogP contribution in [-0.4, -0.2) is 32.6 Å². The zero-order valence-corrected chi connectivity index (χ0v) is 15.8. The Balaban J connectivity index is 1.74. The van der Waals surface area contributed by atoms with E-state index in [0.717, 1.165) is 17.7 Å². The lowest BCUT2D eigenvalue weighted by molar-refractivity contribution is -0.122. The summed E-state index contributed by atoms with van der Waals surface area (Å²) >= 11 is 0. The van der Waals surface area contributed by atoms with Gasteiger partial charge >= 0.3 is 0 Å². The minimum Gasteiger partial charge on any atom is -0.493 e. The monoisotopic (exact) mass is 368 g/mol. The van der Waals surface area contributed by atoms with Gasteiger partial charge in [0.2, 0.25) is 11.8 Å². The van der Waals surface area contributed by atoms with Crippen molar-refractivity contribution in [1.29, 1.82) is 0 Å². The predicted molar refractivity (Wildman–Crippen MR) is 104 cm³/mol. The molecule has 1 N–H and O–H groups in total. The first kappa shape index (κ1) is 18.8. The van der Waals surface area contributed by atoms with Crippen LogP contribution in [0, 0.1) is 5.92 Å². The fraction of sp³-hybridized carbons (Fsp3) is 0.333. The van der Waals surface area contributed by atoms with Crippen LogP contribution < -0.4 is 19.7 Å². The van der Waals surface area contributed by atoms with E-state index in [4.69, 9.17) is 9.47 Å². The molecule has 0 bridgehead atoms. The molecule has 2 amide bonds. The molecule has 1 saturated heterocycles. The van der Waals surface area contributed by atoms with E-state index in [1.807, 2.05) is 31.2 Å². The second-order valence-electron chi connectivity index (χ2n) is 6.44. The van der Waals surface area contributed by atoms with Crippen LogP contribution in [0.25, 0.3) is 0 Å². The number of ether oxygens (including phenoxy) is 2. The van der Waals surface area contributed by atoms with E-state index in [0.29, 0.717) is 23.7 Å². The first-order chi connectivity index (χ1) is 13.1. The average molecular weight is 368 g/mol. The number of nitrogens with zero attached hydrogens (tertiary/aromatic N) is 1. The van der Waals surface area contributed by atoms with Crippen LogP contribution in [0.2, 0.25) is 0 Å². The summed E-state index contributed by atoms with van der Waals surface area (Å²) in [6, 6.07) is 13.0. The van der Waals surface area contributed by atoms with Gasteiger partial charge in [-0.3, -0.25) is 9.59 Å². The number of hydrogen-bond acceptors (Lipinski definition) is 4. The molecule has 142 valence electrons. The quantitative estimate of drug-likeness (QED) is 0.850. The fourth-order valence-corrected chi connectivity index (χ4v) is 3.31. The summed E-state index contributed by atoms with van der Waals surface area (Å²) < 4.78 is 10.5. The van der Waals surface area contributed by atoms with E-state index >= 15 is 0 Å². The topological polar surface area (TPSA) is 67.9 Å². The molecular weight excluding hydrogens is 344 g/mol. The van der Waals surface area contributed by atoms with Crippen molar-refractivity contribution < 1.29 is 19.1 Å². The van der Waals surface area contributed by atoms with Crippen LogP contribution in [0.1, 0.15) is 18.9 Å². The number of carbonyl (C=O) groups is 2. The largest absolute Gasteiger partial charge is 0.493 e. The van der Waals surface area contributed by atoms with E-state index in [-0.39, 0.29) is 18.2 Å². The molecule has 0 aromatic heterocycles. The van der Waals surface area contributed by atoms with Gasteiger partial charge in [0.1, 0.15) is 0 Å². The smallest absolute Gasteiger partial charge is 0.229 e. The summed E-state index contributed by atoms with van der Waals surface area (Å²) in [4.78, 5) is 26.8. The molecule has 2 aromatic carbocycles. The van der Waals surface area contributed by atoms with Crippen molar-refractivity contribution >= 4 is 23.2 Å². The number of anilines is 2. The Kier molecular flexibility index (Phi) is 5.64. The van der Waals surface area contributed by atoms with Gasteiger partial charge in [-0.15, -0.1) is 0 Å². The van der Waals surface area contributed by atoms with E-state index in [2.05, 4.69) is 5.32 Å². The molecule has 0 aliphatic carbocycles. The van der Waals surface area contributed by atoms with Gasteiger partial charge in [-0.25, -0.2) is 0 Å². The SMILES string of the molecule is CCc1ccccc1NC(=O)C1CC(=O)N(c2ccc(OC)c(OC)c2)C1. The number of hydrogen-bond donors (Lipinski definition) is 1. The van der Waals surface area contributed by atoms with Crippen molar-refractivity contribution in [3.05, 3.63) is 48.0 Å². The lowest BCUT2D eigenvalue weighted by Crippen LogP contribution is -2.28. The number of aryl methyl sites for hydroxylation is 1. The lowest BCUT2D eigenvalue weighted by atomic mass is 10.1. The van der Waals surface area contributed by atoms with Crippen LogP contribution in [0.4, 0.5) is 11.4 Å². The summed E-state index contributed by atoms with van der Waals surface area (Å²) in [6.45, 7) is 2.39. The second kappa shape index (κ2) is 8.12. The highest BCUT2D eigenvalue weighted by Gasteiger charge is 2.35. The maximum atomic E-state index is 12.7. The zero-order valence-electron chi connectivity index (χ0n) is 15.8. The Morgan fingerprint density at radius 3 is 2.59 bits per heavy atom. The third-order valence-electron chi connectivity index (χ3n) is 4.83. The van der Waals surface area contributed by atoms with Crippen molar-refractivity contribution in [2.75, 3.05) is 31.0 Å². The fourth-order valence-electron chi connectivity index (χ4n) is 3.31. The highest BCUT2D eigenvalue weighted by molar-refractivity contribution is 6.03. The van der Waals surface area contributed by atoms with Crippen molar-refractivity contribution in [3.63, 3.8) is 0 Å². The van der Waals surface area contributed by atoms with Crippen molar-refractivity contribution in [2.45, 2.75) is 19.8 Å². The molecule has 1 aliphatic heterocycles. The standard InChI is InChI=1S/C21H24N2O4/c1-4-14-7-5-6-8-17(14)22-21(25)15-11-20(24)23(13-15)16-9-10-18(26-2)19(12-16)27-3/h5-10,12,15H,4,11,13H2,1-3H3,(H,22,25). The third kappa shape index (κ3) is 3.89. The van der Waals surface area contributed by atoms with Crippen molar-refractivity contribution in [1.82, 2.24) is 0 Å². The molecule has 2 aromatic rings. The minimum absolute atomic E-state index is 0.0776. The summed E-state index contributed by atoms with van der Waals surface area (Å²) in [6.07, 6.45) is 1.02.